The Balaban J connectivity index is 1.93. The maximum atomic E-state index is 11.5. The van der Waals surface area contributed by atoms with Gasteiger partial charge in [-0.3, -0.25) is 4.57 Å². The molecular formula is C22H16BrNO2. The van der Waals surface area contributed by atoms with Gasteiger partial charge in [0, 0.05) is 27.8 Å². The monoisotopic (exact) mass is 405 g/mol. The molecule has 26 heavy (non-hydrogen) atoms. The van der Waals surface area contributed by atoms with E-state index in [2.05, 4.69) is 66.2 Å². The minimum atomic E-state index is -0.977. The van der Waals surface area contributed by atoms with E-state index in [1.54, 1.807) is 12.4 Å². The summed E-state index contributed by atoms with van der Waals surface area (Å²) in [6.07, 6.45) is 6.82. The molecule has 0 saturated heterocycles. The maximum Gasteiger partial charge on any atom is 0.415 e. The lowest BCUT2D eigenvalue weighted by Crippen LogP contribution is -2.31. The predicted molar refractivity (Wildman–Crippen MR) is 107 cm³/mol. The number of hydrogen-bond donors (Lipinski definition) is 1. The Morgan fingerprint density at radius 1 is 1.12 bits per heavy atom. The van der Waals surface area contributed by atoms with Crippen LogP contribution in [0.2, 0.25) is 0 Å². The van der Waals surface area contributed by atoms with Crippen molar-refractivity contribution in [3.63, 3.8) is 0 Å². The second-order valence-electron chi connectivity index (χ2n) is 7.40. The molecule has 1 heterocycles. The highest BCUT2D eigenvalue weighted by molar-refractivity contribution is 9.10. The van der Waals surface area contributed by atoms with Gasteiger partial charge in [0.1, 0.15) is 0 Å². The summed E-state index contributed by atoms with van der Waals surface area (Å²) in [5.41, 5.74) is 6.68. The molecule has 0 unspecified atom stereocenters. The van der Waals surface area contributed by atoms with Crippen LogP contribution >= 0.6 is 15.9 Å². The third-order valence-electron chi connectivity index (χ3n) is 5.57. The Hall–Kier alpha value is -2.59. The van der Waals surface area contributed by atoms with Crippen LogP contribution in [0.3, 0.4) is 0 Å². The summed E-state index contributed by atoms with van der Waals surface area (Å²) in [5, 5.41) is 11.9. The number of carbonyl (C=O) groups is 1. The Kier molecular flexibility index (Phi) is 3.00. The summed E-state index contributed by atoms with van der Waals surface area (Å²) in [4.78, 5) is 11.5. The van der Waals surface area contributed by atoms with E-state index in [1.807, 2.05) is 6.07 Å². The van der Waals surface area contributed by atoms with Gasteiger partial charge in [0.15, 0.2) is 0 Å². The van der Waals surface area contributed by atoms with Gasteiger partial charge in [-0.25, -0.2) is 4.79 Å². The highest BCUT2D eigenvalue weighted by Gasteiger charge is 2.40. The van der Waals surface area contributed by atoms with Gasteiger partial charge in [-0.2, -0.15) is 0 Å². The van der Waals surface area contributed by atoms with Crippen molar-refractivity contribution in [2.45, 2.75) is 19.3 Å². The summed E-state index contributed by atoms with van der Waals surface area (Å²) >= 11 is 3.76. The van der Waals surface area contributed by atoms with Gasteiger partial charge in [0.25, 0.3) is 0 Å². The molecule has 0 amide bonds. The van der Waals surface area contributed by atoms with E-state index in [0.717, 1.165) is 21.2 Å². The molecule has 1 aromatic rings. The number of carboxylic acid groups (broad SMARTS) is 1. The largest absolute Gasteiger partial charge is 0.464 e. The topological polar surface area (TPSA) is 42.2 Å². The zero-order chi connectivity index (χ0) is 18.2. The average molecular weight is 406 g/mol. The summed E-state index contributed by atoms with van der Waals surface area (Å²) in [6, 6.07) is 10.3. The molecule has 0 aromatic heterocycles. The van der Waals surface area contributed by atoms with Crippen molar-refractivity contribution < 1.29 is 9.90 Å². The van der Waals surface area contributed by atoms with Gasteiger partial charge in [0.05, 0.1) is 0 Å². The number of allylic oxidation sites excluding steroid dienone is 1. The van der Waals surface area contributed by atoms with Gasteiger partial charge in [-0.05, 0) is 72.4 Å². The van der Waals surface area contributed by atoms with Crippen LogP contribution in [0.25, 0.3) is 28.9 Å². The lowest BCUT2D eigenvalue weighted by Gasteiger charge is -2.33. The first kappa shape index (κ1) is 15.6. The minimum Gasteiger partial charge on any atom is -0.464 e. The number of pyridine rings is 1. The van der Waals surface area contributed by atoms with Crippen LogP contribution in [0.4, 0.5) is 4.79 Å². The van der Waals surface area contributed by atoms with Gasteiger partial charge in [0.2, 0.25) is 0 Å². The molecule has 3 nitrogen and oxygen atoms in total. The molecule has 0 spiro atoms. The fourth-order valence-electron chi connectivity index (χ4n) is 4.55. The molecule has 0 saturated carbocycles. The van der Waals surface area contributed by atoms with Crippen LogP contribution in [0, 0.1) is 0 Å². The van der Waals surface area contributed by atoms with Gasteiger partial charge in [-0.1, -0.05) is 38.1 Å². The molecule has 0 radical (unpaired) electrons. The van der Waals surface area contributed by atoms with Crippen molar-refractivity contribution >= 4 is 39.7 Å². The summed E-state index contributed by atoms with van der Waals surface area (Å²) in [5.74, 6) is 0. The Bertz CT molecular complexity index is 1240. The van der Waals surface area contributed by atoms with E-state index in [1.165, 1.54) is 31.7 Å². The molecule has 128 valence electrons. The molecule has 1 N–H and O–H groups in total. The van der Waals surface area contributed by atoms with Crippen LogP contribution in [0.15, 0.2) is 52.8 Å². The van der Waals surface area contributed by atoms with Crippen LogP contribution in [-0.2, 0) is 5.41 Å². The maximum absolute atomic E-state index is 11.5. The quantitative estimate of drug-likeness (QED) is 0.608. The molecular weight excluding hydrogens is 390 g/mol. The van der Waals surface area contributed by atoms with Gasteiger partial charge >= 0.3 is 6.09 Å². The van der Waals surface area contributed by atoms with Crippen molar-refractivity contribution in [3.05, 3.63) is 74.3 Å². The smallest absolute Gasteiger partial charge is 0.415 e. The number of halogens is 1. The molecule has 5 rings (SSSR count). The molecule has 0 fully saturated rings. The number of aromatic nitrogens is 1. The van der Waals surface area contributed by atoms with Crippen molar-refractivity contribution in [3.8, 4) is 11.1 Å². The molecule has 1 aromatic carbocycles. The van der Waals surface area contributed by atoms with Crippen LogP contribution in [-0.4, -0.2) is 15.8 Å². The van der Waals surface area contributed by atoms with Crippen molar-refractivity contribution in [1.29, 1.82) is 0 Å². The highest BCUT2D eigenvalue weighted by Crippen LogP contribution is 2.53. The Morgan fingerprint density at radius 2 is 1.88 bits per heavy atom. The fourth-order valence-corrected chi connectivity index (χ4v) is 5.21. The van der Waals surface area contributed by atoms with Crippen molar-refractivity contribution in [2.75, 3.05) is 0 Å². The molecule has 4 aliphatic rings. The van der Waals surface area contributed by atoms with Crippen LogP contribution < -0.4 is 10.4 Å². The Labute approximate surface area is 159 Å². The second kappa shape index (κ2) is 4.98. The van der Waals surface area contributed by atoms with E-state index < -0.39 is 6.09 Å². The fraction of sp³-hybridized carbons (Fsp3) is 0.136. The number of benzene rings is 1. The van der Waals surface area contributed by atoms with E-state index in [0.29, 0.717) is 0 Å². The first-order chi connectivity index (χ1) is 12.4. The predicted octanol–water partition coefficient (Wildman–Crippen LogP) is 4.20. The molecule has 3 aliphatic carbocycles. The Morgan fingerprint density at radius 3 is 2.65 bits per heavy atom. The van der Waals surface area contributed by atoms with Crippen molar-refractivity contribution in [2.24, 2.45) is 0 Å². The first-order valence-electron chi connectivity index (χ1n) is 8.50. The SMILES string of the molecule is CC1(C)C2=c3ccccc3=CC2=Cc2c(Br)c3ccn(C(=O)O)cc-3c21. The normalized spacial score (nSPS) is 16.6. The standard InChI is InChI=1S/C22H16BrNO2/c1-22(2)18-13(9-12-5-3-4-6-14(12)18)10-16-19(22)17-11-24(21(25)26)8-7-15(17)20(16)23/h3-11H,1-2H3,(H,25,26). The van der Waals surface area contributed by atoms with Crippen LogP contribution in [0.1, 0.15) is 25.0 Å². The van der Waals surface area contributed by atoms with Crippen LogP contribution in [0.5, 0.6) is 0 Å². The molecule has 0 atom stereocenters. The third kappa shape index (κ3) is 1.85. The lowest BCUT2D eigenvalue weighted by atomic mass is 9.70. The summed E-state index contributed by atoms with van der Waals surface area (Å²) < 4.78 is 2.26. The lowest BCUT2D eigenvalue weighted by molar-refractivity contribution is 0.196. The number of nitrogens with zero attached hydrogens (tertiary/aromatic N) is 1. The third-order valence-corrected chi connectivity index (χ3v) is 6.43. The van der Waals surface area contributed by atoms with E-state index in [9.17, 15) is 9.90 Å². The number of fused-ring (bicyclic) bond motifs is 5. The van der Waals surface area contributed by atoms with Gasteiger partial charge < -0.3 is 5.11 Å². The molecule has 1 aliphatic heterocycles. The first-order valence-corrected chi connectivity index (χ1v) is 9.29. The summed E-state index contributed by atoms with van der Waals surface area (Å²) in [6.45, 7) is 4.46. The molecule has 4 heteroatoms. The molecule has 0 bridgehead atoms. The number of hydrogen-bond acceptors (Lipinski definition) is 1. The van der Waals surface area contributed by atoms with E-state index in [-0.39, 0.29) is 5.41 Å². The number of rotatable bonds is 0. The van der Waals surface area contributed by atoms with Crippen molar-refractivity contribution in [1.82, 2.24) is 4.57 Å². The van der Waals surface area contributed by atoms with Gasteiger partial charge in [-0.15, -0.1) is 0 Å². The average Bonchev–Trinajstić information content (AvgIpc) is 3.11. The zero-order valence-corrected chi connectivity index (χ0v) is 16.0. The summed E-state index contributed by atoms with van der Waals surface area (Å²) in [7, 11) is 0. The van der Waals surface area contributed by atoms with E-state index in [4.69, 9.17) is 0 Å². The highest BCUT2D eigenvalue weighted by atomic mass is 79.9. The second-order valence-corrected chi connectivity index (χ2v) is 8.19. The zero-order valence-electron chi connectivity index (χ0n) is 14.4. The minimum absolute atomic E-state index is 0.232. The van der Waals surface area contributed by atoms with E-state index >= 15 is 0 Å².